The lowest BCUT2D eigenvalue weighted by atomic mass is 10.1. The molecule has 5 heterocycles. The number of nitrogens with zero attached hydrogens (tertiary/aromatic N) is 2. The Bertz CT molecular complexity index is 1450. The van der Waals surface area contributed by atoms with Gasteiger partial charge in [-0.2, -0.15) is 5.26 Å². The summed E-state index contributed by atoms with van der Waals surface area (Å²) in [5, 5.41) is 15.2. The van der Waals surface area contributed by atoms with Crippen LogP contribution < -0.4 is 5.32 Å². The van der Waals surface area contributed by atoms with Crippen LogP contribution in [0.1, 0.15) is 16.7 Å². The standard InChI is InChI=1S/C23H16N4O2S2/c24-11-14-12-26-22-16(21(14)27-15-1-2-17-13(9-15)5-6-25-17)10-20(31-22)18-3-4-19(30-18)23-28-7-8-29-23/h1-6,9-10,12,23,25H,7-8H2,(H,26,27). The lowest BCUT2D eigenvalue weighted by Crippen LogP contribution is -1.95. The molecule has 0 amide bonds. The van der Waals surface area contributed by atoms with Crippen LogP contribution in [-0.2, 0) is 9.47 Å². The molecule has 1 aliphatic rings. The zero-order valence-corrected chi connectivity index (χ0v) is 17.8. The second kappa shape index (κ2) is 7.48. The fraction of sp³-hybridized carbons (Fsp3) is 0.130. The Morgan fingerprint density at radius 3 is 2.84 bits per heavy atom. The number of thiophene rings is 2. The van der Waals surface area contributed by atoms with E-state index in [-0.39, 0.29) is 6.29 Å². The Morgan fingerprint density at radius 2 is 1.97 bits per heavy atom. The summed E-state index contributed by atoms with van der Waals surface area (Å²) in [4.78, 5) is 11.9. The van der Waals surface area contributed by atoms with E-state index in [9.17, 15) is 5.26 Å². The van der Waals surface area contributed by atoms with Gasteiger partial charge in [-0.1, -0.05) is 0 Å². The van der Waals surface area contributed by atoms with Gasteiger partial charge >= 0.3 is 0 Å². The predicted octanol–water partition coefficient (Wildman–Crippen LogP) is 6.17. The van der Waals surface area contributed by atoms with E-state index >= 15 is 0 Å². The van der Waals surface area contributed by atoms with Crippen molar-refractivity contribution >= 4 is 55.2 Å². The molecular formula is C23H16N4O2S2. The fourth-order valence-electron chi connectivity index (χ4n) is 3.74. The molecular weight excluding hydrogens is 428 g/mol. The van der Waals surface area contributed by atoms with Gasteiger partial charge < -0.3 is 19.8 Å². The van der Waals surface area contributed by atoms with Crippen molar-refractivity contribution in [3.63, 3.8) is 0 Å². The molecule has 1 saturated heterocycles. The van der Waals surface area contributed by atoms with Crippen molar-refractivity contribution in [1.82, 2.24) is 9.97 Å². The third kappa shape index (κ3) is 3.28. The van der Waals surface area contributed by atoms with Crippen molar-refractivity contribution < 1.29 is 9.47 Å². The number of hydrogen-bond acceptors (Lipinski definition) is 7. The molecule has 0 saturated carbocycles. The van der Waals surface area contributed by atoms with Crippen LogP contribution in [0.5, 0.6) is 0 Å². The second-order valence-electron chi connectivity index (χ2n) is 7.17. The van der Waals surface area contributed by atoms with Crippen molar-refractivity contribution in [2.75, 3.05) is 18.5 Å². The van der Waals surface area contributed by atoms with Crippen molar-refractivity contribution in [2.45, 2.75) is 6.29 Å². The maximum atomic E-state index is 9.69. The number of nitriles is 1. The lowest BCUT2D eigenvalue weighted by Gasteiger charge is -2.09. The number of fused-ring (bicyclic) bond motifs is 2. The van der Waals surface area contributed by atoms with Crippen LogP contribution in [-0.4, -0.2) is 23.2 Å². The van der Waals surface area contributed by atoms with Crippen molar-refractivity contribution in [1.29, 1.82) is 5.26 Å². The average Bonchev–Trinajstić information content (AvgIpc) is 3.59. The Hall–Kier alpha value is -3.22. The summed E-state index contributed by atoms with van der Waals surface area (Å²) < 4.78 is 11.2. The lowest BCUT2D eigenvalue weighted by molar-refractivity contribution is -0.0413. The molecule has 0 atom stereocenters. The topological polar surface area (TPSA) is 83.0 Å². The van der Waals surface area contributed by atoms with Crippen LogP contribution in [0.2, 0.25) is 0 Å². The number of anilines is 2. The molecule has 152 valence electrons. The smallest absolute Gasteiger partial charge is 0.193 e. The number of aromatic nitrogens is 2. The molecule has 4 aromatic heterocycles. The molecule has 0 radical (unpaired) electrons. The Labute approximate surface area is 185 Å². The van der Waals surface area contributed by atoms with Gasteiger partial charge in [0.2, 0.25) is 0 Å². The number of ether oxygens (including phenoxy) is 2. The summed E-state index contributed by atoms with van der Waals surface area (Å²) in [5.41, 5.74) is 3.31. The first kappa shape index (κ1) is 18.5. The first-order chi connectivity index (χ1) is 15.3. The number of nitrogens with one attached hydrogen (secondary N) is 2. The van der Waals surface area contributed by atoms with Gasteiger partial charge in [0.15, 0.2) is 6.29 Å². The van der Waals surface area contributed by atoms with Crippen LogP contribution in [0.25, 0.3) is 30.9 Å². The minimum absolute atomic E-state index is 0.267. The van der Waals surface area contributed by atoms with Crippen LogP contribution in [0.4, 0.5) is 11.4 Å². The van der Waals surface area contributed by atoms with Gasteiger partial charge in [0, 0.05) is 44.1 Å². The summed E-state index contributed by atoms with van der Waals surface area (Å²) >= 11 is 3.28. The molecule has 0 unspecified atom stereocenters. The summed E-state index contributed by atoms with van der Waals surface area (Å²) in [5.74, 6) is 0. The van der Waals surface area contributed by atoms with Crippen molar-refractivity contribution in [2.24, 2.45) is 0 Å². The highest BCUT2D eigenvalue weighted by atomic mass is 32.1. The Morgan fingerprint density at radius 1 is 1.06 bits per heavy atom. The second-order valence-corrected chi connectivity index (χ2v) is 9.31. The van der Waals surface area contributed by atoms with Gasteiger partial charge in [0.1, 0.15) is 10.9 Å². The maximum Gasteiger partial charge on any atom is 0.193 e. The number of pyridine rings is 1. The number of aromatic amines is 1. The van der Waals surface area contributed by atoms with Crippen molar-refractivity contribution in [3.8, 4) is 15.8 Å². The molecule has 8 heteroatoms. The highest BCUT2D eigenvalue weighted by molar-refractivity contribution is 7.25. The van der Waals surface area contributed by atoms with E-state index in [0.29, 0.717) is 18.8 Å². The summed E-state index contributed by atoms with van der Waals surface area (Å²) in [6.45, 7) is 1.26. The van der Waals surface area contributed by atoms with Gasteiger partial charge in [0.25, 0.3) is 0 Å². The maximum absolute atomic E-state index is 9.69. The van der Waals surface area contributed by atoms with E-state index in [1.54, 1.807) is 28.9 Å². The van der Waals surface area contributed by atoms with Gasteiger partial charge in [-0.05, 0) is 42.5 Å². The van der Waals surface area contributed by atoms with Crippen LogP contribution in [0.3, 0.4) is 0 Å². The molecule has 1 fully saturated rings. The number of rotatable bonds is 4. The minimum atomic E-state index is -0.267. The molecule has 1 aliphatic heterocycles. The number of H-pyrrole nitrogens is 1. The highest BCUT2D eigenvalue weighted by Gasteiger charge is 2.21. The molecule has 5 aromatic rings. The predicted molar refractivity (Wildman–Crippen MR) is 124 cm³/mol. The van der Waals surface area contributed by atoms with E-state index in [2.05, 4.69) is 45.6 Å². The van der Waals surface area contributed by atoms with Crippen LogP contribution in [0, 0.1) is 11.3 Å². The summed E-state index contributed by atoms with van der Waals surface area (Å²) in [6, 6.07) is 16.7. The van der Waals surface area contributed by atoms with E-state index < -0.39 is 0 Å². The van der Waals surface area contributed by atoms with E-state index in [4.69, 9.17) is 9.47 Å². The highest BCUT2D eigenvalue weighted by Crippen LogP contribution is 2.42. The number of benzene rings is 1. The molecule has 1 aromatic carbocycles. The monoisotopic (exact) mass is 444 g/mol. The summed E-state index contributed by atoms with van der Waals surface area (Å²) in [7, 11) is 0. The normalized spacial score (nSPS) is 14.4. The number of hydrogen-bond donors (Lipinski definition) is 2. The van der Waals surface area contributed by atoms with E-state index in [1.807, 2.05) is 24.4 Å². The first-order valence-electron chi connectivity index (χ1n) is 9.78. The first-order valence-corrected chi connectivity index (χ1v) is 11.4. The third-order valence-corrected chi connectivity index (χ3v) is 7.57. The van der Waals surface area contributed by atoms with Gasteiger partial charge in [0.05, 0.1) is 29.3 Å². The molecule has 0 bridgehead atoms. The molecule has 0 spiro atoms. The van der Waals surface area contributed by atoms with Gasteiger partial charge in [-0.15, -0.1) is 22.7 Å². The molecule has 31 heavy (non-hydrogen) atoms. The van der Waals surface area contributed by atoms with Crippen LogP contribution in [0.15, 0.2) is 54.9 Å². The zero-order valence-electron chi connectivity index (χ0n) is 16.2. The SMILES string of the molecule is N#Cc1cnc2sc(-c3ccc(C4OCCO4)s3)cc2c1Nc1ccc2[nH]ccc2c1. The van der Waals surface area contributed by atoms with Gasteiger partial charge in [-0.25, -0.2) is 4.98 Å². The minimum Gasteiger partial charge on any atom is -0.361 e. The van der Waals surface area contributed by atoms with E-state index in [1.165, 1.54) is 0 Å². The van der Waals surface area contributed by atoms with Crippen molar-refractivity contribution in [3.05, 3.63) is 65.3 Å². The molecule has 0 aliphatic carbocycles. The average molecular weight is 445 g/mol. The largest absolute Gasteiger partial charge is 0.361 e. The molecule has 6 rings (SSSR count). The zero-order chi connectivity index (χ0) is 20.8. The quantitative estimate of drug-likeness (QED) is 0.346. The van der Waals surface area contributed by atoms with Gasteiger partial charge in [-0.3, -0.25) is 0 Å². The Balaban J connectivity index is 1.40. The molecule has 6 nitrogen and oxygen atoms in total. The fourth-order valence-corrected chi connectivity index (χ4v) is 5.84. The van der Waals surface area contributed by atoms with E-state index in [0.717, 1.165) is 47.1 Å². The summed E-state index contributed by atoms with van der Waals surface area (Å²) in [6.07, 6.45) is 3.29. The Kier molecular flexibility index (Phi) is 4.47. The third-order valence-electron chi connectivity index (χ3n) is 5.23. The van der Waals surface area contributed by atoms with Crippen LogP contribution >= 0.6 is 22.7 Å². The molecule has 2 N–H and O–H groups in total.